The molecule has 1 heterocycles. The first-order valence-corrected chi connectivity index (χ1v) is 11.2. The number of carbonyl (C=O) groups excluding carboxylic acids is 3. The second-order valence-electron chi connectivity index (χ2n) is 8.05. The monoisotopic (exact) mass is 503 g/mol. The van der Waals surface area contributed by atoms with E-state index < -0.39 is 29.5 Å². The third-order valence-corrected chi connectivity index (χ3v) is 6.08. The van der Waals surface area contributed by atoms with Crippen molar-refractivity contribution in [1.29, 1.82) is 0 Å². The van der Waals surface area contributed by atoms with E-state index in [2.05, 4.69) is 0 Å². The minimum absolute atomic E-state index is 0.148. The Labute approximate surface area is 213 Å². The van der Waals surface area contributed by atoms with Gasteiger partial charge in [0.2, 0.25) is 0 Å². The molecule has 1 fully saturated rings. The van der Waals surface area contributed by atoms with Crippen molar-refractivity contribution in [3.8, 4) is 17.2 Å². The fourth-order valence-electron chi connectivity index (χ4n) is 4.25. The van der Waals surface area contributed by atoms with Crippen molar-refractivity contribution in [3.63, 3.8) is 0 Å². The highest BCUT2D eigenvalue weighted by Crippen LogP contribution is 2.44. The normalized spacial score (nSPS) is 16.4. The summed E-state index contributed by atoms with van der Waals surface area (Å²) >= 11 is 0. The van der Waals surface area contributed by atoms with Gasteiger partial charge in [-0.25, -0.2) is 4.79 Å². The summed E-state index contributed by atoms with van der Waals surface area (Å²) in [6.07, 6.45) is 0. The number of methoxy groups -OCH3 is 4. The van der Waals surface area contributed by atoms with Gasteiger partial charge in [0.15, 0.2) is 0 Å². The fraction of sp³-hybridized carbons (Fsp3) is 0.179. The van der Waals surface area contributed by atoms with Crippen LogP contribution in [-0.4, -0.2) is 51.2 Å². The van der Waals surface area contributed by atoms with Gasteiger partial charge in [-0.15, -0.1) is 0 Å². The smallest absolute Gasteiger partial charge is 0.337 e. The Bertz CT molecular complexity index is 1390. The minimum atomic E-state index is -1.02. The molecule has 9 nitrogen and oxygen atoms in total. The van der Waals surface area contributed by atoms with Gasteiger partial charge < -0.3 is 24.1 Å². The zero-order valence-corrected chi connectivity index (χ0v) is 20.7. The van der Waals surface area contributed by atoms with Crippen LogP contribution in [0.1, 0.15) is 27.5 Å². The van der Waals surface area contributed by atoms with Gasteiger partial charge in [-0.1, -0.05) is 18.2 Å². The van der Waals surface area contributed by atoms with E-state index in [1.165, 1.54) is 51.5 Å². The van der Waals surface area contributed by atoms with E-state index in [1.54, 1.807) is 48.5 Å². The number of esters is 1. The van der Waals surface area contributed by atoms with Crippen LogP contribution < -0.4 is 19.1 Å². The molecule has 190 valence electrons. The first-order valence-electron chi connectivity index (χ1n) is 11.2. The molecule has 1 saturated heterocycles. The maximum absolute atomic E-state index is 13.4. The quantitative estimate of drug-likeness (QED) is 0.222. The van der Waals surface area contributed by atoms with Crippen LogP contribution in [0.4, 0.5) is 5.69 Å². The van der Waals surface area contributed by atoms with Gasteiger partial charge in [0.25, 0.3) is 11.7 Å². The maximum Gasteiger partial charge on any atom is 0.337 e. The Kier molecular flexibility index (Phi) is 7.15. The summed E-state index contributed by atoms with van der Waals surface area (Å²) in [6.45, 7) is 0. The van der Waals surface area contributed by atoms with E-state index in [0.717, 1.165) is 0 Å². The van der Waals surface area contributed by atoms with Gasteiger partial charge in [0, 0.05) is 5.69 Å². The molecule has 9 heteroatoms. The summed E-state index contributed by atoms with van der Waals surface area (Å²) in [5.41, 5.74) is 1.05. The summed E-state index contributed by atoms with van der Waals surface area (Å²) in [5.74, 6) is -1.52. The first kappa shape index (κ1) is 25.3. The van der Waals surface area contributed by atoms with E-state index >= 15 is 0 Å². The highest BCUT2D eigenvalue weighted by atomic mass is 16.5. The van der Waals surface area contributed by atoms with Crippen molar-refractivity contribution < 1.29 is 38.4 Å². The second kappa shape index (κ2) is 10.4. The molecule has 0 radical (unpaired) electrons. The van der Waals surface area contributed by atoms with Crippen LogP contribution >= 0.6 is 0 Å². The molecular weight excluding hydrogens is 478 g/mol. The van der Waals surface area contributed by atoms with E-state index in [0.29, 0.717) is 17.1 Å². The van der Waals surface area contributed by atoms with Gasteiger partial charge in [0.05, 0.1) is 51.2 Å². The number of hydrogen-bond donors (Lipinski definition) is 1. The summed E-state index contributed by atoms with van der Waals surface area (Å²) in [4.78, 5) is 40.3. The molecule has 0 aromatic heterocycles. The molecule has 0 spiro atoms. The predicted molar refractivity (Wildman–Crippen MR) is 135 cm³/mol. The summed E-state index contributed by atoms with van der Waals surface area (Å²) < 4.78 is 20.7. The summed E-state index contributed by atoms with van der Waals surface area (Å²) in [5, 5.41) is 11.5. The second-order valence-corrected chi connectivity index (χ2v) is 8.05. The highest BCUT2D eigenvalue weighted by molar-refractivity contribution is 6.51. The van der Waals surface area contributed by atoms with Crippen molar-refractivity contribution in [2.45, 2.75) is 6.04 Å². The van der Waals surface area contributed by atoms with Crippen LogP contribution in [0.5, 0.6) is 17.2 Å². The molecule has 1 atom stereocenters. The molecule has 0 aliphatic carbocycles. The number of aliphatic hydroxyl groups is 1. The summed E-state index contributed by atoms with van der Waals surface area (Å²) in [7, 11) is 5.67. The average molecular weight is 504 g/mol. The number of Topliss-reactive ketones (excluding diaryl/α,β-unsaturated/α-hetero) is 1. The number of amides is 1. The van der Waals surface area contributed by atoms with Crippen molar-refractivity contribution >= 4 is 29.1 Å². The number of ketones is 1. The van der Waals surface area contributed by atoms with Crippen LogP contribution in [0, 0.1) is 0 Å². The standard InChI is InChI=1S/C28H25NO8/c1-34-19-10-8-16(9-11-19)24-23(25(30)21-15-20(35-2)12-13-22(21)36-3)26(31)27(32)29(24)18-7-5-6-17(14-18)28(33)37-4/h5-15,24,30H,1-4H3/b25-23+. The Morgan fingerprint density at radius 3 is 2.14 bits per heavy atom. The number of carbonyl (C=O) groups is 3. The molecule has 1 unspecified atom stereocenters. The fourth-order valence-corrected chi connectivity index (χ4v) is 4.25. The lowest BCUT2D eigenvalue weighted by molar-refractivity contribution is -0.132. The molecule has 1 N–H and O–H groups in total. The van der Waals surface area contributed by atoms with Crippen LogP contribution in [0.25, 0.3) is 5.76 Å². The van der Waals surface area contributed by atoms with Gasteiger partial charge >= 0.3 is 5.97 Å². The average Bonchev–Trinajstić information content (AvgIpc) is 3.21. The van der Waals surface area contributed by atoms with Crippen molar-refractivity contribution in [3.05, 3.63) is 89.0 Å². The Balaban J connectivity index is 1.97. The number of rotatable bonds is 7. The molecule has 4 rings (SSSR count). The molecule has 0 bridgehead atoms. The van der Waals surface area contributed by atoms with Crippen LogP contribution in [0.15, 0.2) is 72.3 Å². The van der Waals surface area contributed by atoms with Crippen molar-refractivity contribution in [2.75, 3.05) is 33.3 Å². The largest absolute Gasteiger partial charge is 0.507 e. The lowest BCUT2D eigenvalue weighted by atomic mass is 9.94. The Hall–Kier alpha value is -4.79. The van der Waals surface area contributed by atoms with Crippen LogP contribution in [0.2, 0.25) is 0 Å². The lowest BCUT2D eigenvalue weighted by Crippen LogP contribution is -2.29. The molecule has 1 amide bonds. The number of benzene rings is 3. The SMILES string of the molecule is COC(=O)c1cccc(N2C(=O)C(=O)/C(=C(/O)c3cc(OC)ccc3OC)C2c2ccc(OC)cc2)c1. The van der Waals surface area contributed by atoms with E-state index in [4.69, 9.17) is 18.9 Å². The predicted octanol–water partition coefficient (Wildman–Crippen LogP) is 4.13. The minimum Gasteiger partial charge on any atom is -0.507 e. The van der Waals surface area contributed by atoms with E-state index in [-0.39, 0.29) is 28.1 Å². The zero-order valence-electron chi connectivity index (χ0n) is 20.7. The Morgan fingerprint density at radius 2 is 1.51 bits per heavy atom. The van der Waals surface area contributed by atoms with Crippen molar-refractivity contribution in [2.24, 2.45) is 0 Å². The molecular formula is C28H25NO8. The molecule has 0 saturated carbocycles. The highest BCUT2D eigenvalue weighted by Gasteiger charge is 2.47. The lowest BCUT2D eigenvalue weighted by Gasteiger charge is -2.26. The van der Waals surface area contributed by atoms with Gasteiger partial charge in [-0.3, -0.25) is 14.5 Å². The van der Waals surface area contributed by atoms with Crippen molar-refractivity contribution in [1.82, 2.24) is 0 Å². The molecule has 3 aromatic carbocycles. The number of ether oxygens (including phenoxy) is 4. The number of hydrogen-bond acceptors (Lipinski definition) is 8. The third-order valence-electron chi connectivity index (χ3n) is 6.08. The topological polar surface area (TPSA) is 112 Å². The van der Waals surface area contributed by atoms with Crippen LogP contribution in [0.3, 0.4) is 0 Å². The number of aliphatic hydroxyl groups excluding tert-OH is 1. The van der Waals surface area contributed by atoms with E-state index in [9.17, 15) is 19.5 Å². The third kappa shape index (κ3) is 4.58. The number of nitrogens with zero attached hydrogens (tertiary/aromatic N) is 1. The number of anilines is 1. The summed E-state index contributed by atoms with van der Waals surface area (Å²) in [6, 6.07) is 16.7. The zero-order chi connectivity index (χ0) is 26.7. The molecule has 37 heavy (non-hydrogen) atoms. The Morgan fingerprint density at radius 1 is 0.838 bits per heavy atom. The maximum atomic E-state index is 13.4. The van der Waals surface area contributed by atoms with Crippen LogP contribution in [-0.2, 0) is 14.3 Å². The van der Waals surface area contributed by atoms with Gasteiger partial charge in [0.1, 0.15) is 23.0 Å². The van der Waals surface area contributed by atoms with Gasteiger partial charge in [-0.05, 0) is 54.1 Å². The van der Waals surface area contributed by atoms with E-state index in [1.807, 2.05) is 0 Å². The molecule has 1 aliphatic heterocycles. The first-order chi connectivity index (χ1) is 17.8. The molecule has 3 aromatic rings. The molecule has 1 aliphatic rings. The van der Waals surface area contributed by atoms with Gasteiger partial charge in [-0.2, -0.15) is 0 Å².